The summed E-state index contributed by atoms with van der Waals surface area (Å²) in [5, 5.41) is 14.2. The van der Waals surface area contributed by atoms with E-state index in [2.05, 4.69) is 10.6 Å². The van der Waals surface area contributed by atoms with Crippen LogP contribution in [0.3, 0.4) is 0 Å². The van der Waals surface area contributed by atoms with Crippen LogP contribution in [0.1, 0.15) is 23.2 Å². The highest BCUT2D eigenvalue weighted by Crippen LogP contribution is 2.32. The first-order chi connectivity index (χ1) is 11.0. The van der Waals surface area contributed by atoms with E-state index in [0.29, 0.717) is 35.8 Å². The summed E-state index contributed by atoms with van der Waals surface area (Å²) in [5.74, 6) is 0.308. The molecular formula is C15H22N4O4. The largest absolute Gasteiger partial charge is 0.494 e. The van der Waals surface area contributed by atoms with Crippen molar-refractivity contribution >= 4 is 23.4 Å². The molecule has 0 radical (unpaired) electrons. The van der Waals surface area contributed by atoms with Crippen LogP contribution in [0, 0.1) is 0 Å². The molecule has 1 aromatic rings. The van der Waals surface area contributed by atoms with Crippen LogP contribution in [0.5, 0.6) is 5.75 Å². The van der Waals surface area contributed by atoms with Gasteiger partial charge in [0.1, 0.15) is 5.75 Å². The summed E-state index contributed by atoms with van der Waals surface area (Å²) in [5.41, 5.74) is 7.45. The summed E-state index contributed by atoms with van der Waals surface area (Å²) in [6, 6.07) is 2.99. The first-order valence-corrected chi connectivity index (χ1v) is 7.40. The average Bonchev–Trinajstić information content (AvgIpc) is 2.52. The molecule has 8 heteroatoms. The third-order valence-electron chi connectivity index (χ3n) is 3.89. The van der Waals surface area contributed by atoms with Gasteiger partial charge in [0.05, 0.1) is 18.5 Å². The van der Waals surface area contributed by atoms with Gasteiger partial charge in [0.2, 0.25) is 0 Å². The maximum absolute atomic E-state index is 12.7. The lowest BCUT2D eigenvalue weighted by molar-refractivity contribution is 0.0692. The second-order valence-corrected chi connectivity index (χ2v) is 5.43. The van der Waals surface area contributed by atoms with Crippen LogP contribution in [0.25, 0.3) is 0 Å². The number of anilines is 2. The van der Waals surface area contributed by atoms with E-state index in [9.17, 15) is 9.59 Å². The van der Waals surface area contributed by atoms with Gasteiger partial charge in [-0.25, -0.2) is 4.79 Å². The molecule has 0 spiro atoms. The van der Waals surface area contributed by atoms with Crippen molar-refractivity contribution in [1.29, 1.82) is 0 Å². The third-order valence-corrected chi connectivity index (χ3v) is 3.89. The Bertz CT molecular complexity index is 605. The van der Waals surface area contributed by atoms with Crippen LogP contribution in [-0.2, 0) is 0 Å². The van der Waals surface area contributed by atoms with Gasteiger partial charge in [-0.2, -0.15) is 0 Å². The molecule has 1 aliphatic rings. The molecule has 1 heterocycles. The Labute approximate surface area is 134 Å². The number of nitrogens with two attached hydrogens (primary N) is 1. The topological polar surface area (TPSA) is 117 Å². The van der Waals surface area contributed by atoms with Crippen molar-refractivity contribution < 1.29 is 19.4 Å². The molecule has 126 valence electrons. The number of carboxylic acid groups (broad SMARTS) is 1. The van der Waals surface area contributed by atoms with Crippen LogP contribution >= 0.6 is 0 Å². The maximum Gasteiger partial charge on any atom is 0.404 e. The van der Waals surface area contributed by atoms with Gasteiger partial charge < -0.3 is 31.1 Å². The Morgan fingerprint density at radius 1 is 1.43 bits per heavy atom. The van der Waals surface area contributed by atoms with E-state index in [1.165, 1.54) is 7.11 Å². The Hall–Kier alpha value is -2.64. The van der Waals surface area contributed by atoms with Gasteiger partial charge in [-0.1, -0.05) is 0 Å². The van der Waals surface area contributed by atoms with E-state index in [1.807, 2.05) is 0 Å². The van der Waals surface area contributed by atoms with E-state index in [4.69, 9.17) is 15.6 Å². The smallest absolute Gasteiger partial charge is 0.404 e. The average molecular weight is 322 g/mol. The minimum Gasteiger partial charge on any atom is -0.494 e. The number of nitrogens with one attached hydrogen (secondary N) is 2. The Morgan fingerprint density at radius 3 is 2.78 bits per heavy atom. The molecule has 23 heavy (non-hydrogen) atoms. The number of nitrogens with zero attached hydrogens (tertiary/aromatic N) is 1. The van der Waals surface area contributed by atoms with Crippen LogP contribution in [0.4, 0.5) is 16.2 Å². The number of carbonyl (C=O) groups excluding carboxylic acids is 1. The molecule has 0 saturated carbocycles. The normalized spacial score (nSPS) is 17.5. The minimum absolute atomic E-state index is 0.186. The first kappa shape index (κ1) is 16.7. The number of amides is 2. The second-order valence-electron chi connectivity index (χ2n) is 5.43. The van der Waals surface area contributed by atoms with Crippen molar-refractivity contribution in [2.45, 2.75) is 18.9 Å². The lowest BCUT2D eigenvalue weighted by Gasteiger charge is -2.32. The van der Waals surface area contributed by atoms with E-state index < -0.39 is 6.09 Å². The summed E-state index contributed by atoms with van der Waals surface area (Å²) < 4.78 is 5.27. The van der Waals surface area contributed by atoms with Crippen LogP contribution < -0.4 is 21.1 Å². The highest BCUT2D eigenvalue weighted by Gasteiger charge is 2.26. The number of likely N-dealkylation sites (tertiary alicyclic amines) is 1. The SMILES string of the molecule is CNc1c(N)cc(C(=O)N2CCC[C@@H](NC(=O)O)C2)cc1OC. The number of benzene rings is 1. The molecule has 1 atom stereocenters. The zero-order valence-corrected chi connectivity index (χ0v) is 13.3. The molecule has 0 unspecified atom stereocenters. The molecule has 0 aromatic heterocycles. The number of hydrogen-bond donors (Lipinski definition) is 4. The molecule has 0 bridgehead atoms. The summed E-state index contributed by atoms with van der Waals surface area (Å²) in [6.45, 7) is 0.938. The number of methoxy groups -OCH3 is 1. The van der Waals surface area contributed by atoms with E-state index in [-0.39, 0.29) is 11.9 Å². The maximum atomic E-state index is 12.7. The number of piperidine rings is 1. The number of ether oxygens (including phenoxy) is 1. The van der Waals surface area contributed by atoms with E-state index in [0.717, 1.165) is 12.8 Å². The second kappa shape index (κ2) is 7.08. The number of rotatable bonds is 4. The lowest BCUT2D eigenvalue weighted by atomic mass is 10.0. The molecule has 1 aliphatic heterocycles. The predicted molar refractivity (Wildman–Crippen MR) is 87.0 cm³/mol. The summed E-state index contributed by atoms with van der Waals surface area (Å²) in [4.78, 5) is 25.1. The van der Waals surface area contributed by atoms with Gasteiger partial charge in [-0.3, -0.25) is 4.79 Å². The van der Waals surface area contributed by atoms with Crippen molar-refractivity contribution in [3.8, 4) is 5.75 Å². The molecule has 1 fully saturated rings. The van der Waals surface area contributed by atoms with Gasteiger partial charge in [0, 0.05) is 31.7 Å². The fraction of sp³-hybridized carbons (Fsp3) is 0.467. The fourth-order valence-corrected chi connectivity index (χ4v) is 2.83. The Kier molecular flexibility index (Phi) is 5.15. The van der Waals surface area contributed by atoms with Crippen LogP contribution in [0.15, 0.2) is 12.1 Å². The highest BCUT2D eigenvalue weighted by atomic mass is 16.5. The Balaban J connectivity index is 2.19. The molecule has 8 nitrogen and oxygen atoms in total. The zero-order chi connectivity index (χ0) is 17.0. The van der Waals surface area contributed by atoms with Gasteiger partial charge in [-0.15, -0.1) is 0 Å². The number of carbonyl (C=O) groups is 2. The third kappa shape index (κ3) is 3.77. The monoisotopic (exact) mass is 322 g/mol. The summed E-state index contributed by atoms with van der Waals surface area (Å²) >= 11 is 0. The van der Waals surface area contributed by atoms with Crippen molar-refractivity contribution in [2.75, 3.05) is 38.3 Å². The highest BCUT2D eigenvalue weighted by molar-refractivity contribution is 5.97. The van der Waals surface area contributed by atoms with E-state index in [1.54, 1.807) is 24.1 Å². The van der Waals surface area contributed by atoms with Crippen molar-refractivity contribution in [3.63, 3.8) is 0 Å². The van der Waals surface area contributed by atoms with Crippen LogP contribution in [-0.4, -0.2) is 55.3 Å². The molecule has 2 amide bonds. The van der Waals surface area contributed by atoms with Crippen molar-refractivity contribution in [2.24, 2.45) is 0 Å². The van der Waals surface area contributed by atoms with Gasteiger partial charge in [-0.05, 0) is 25.0 Å². The first-order valence-electron chi connectivity index (χ1n) is 7.40. The molecular weight excluding hydrogens is 300 g/mol. The molecule has 1 saturated heterocycles. The Morgan fingerprint density at radius 2 is 2.17 bits per heavy atom. The van der Waals surface area contributed by atoms with Crippen LogP contribution in [0.2, 0.25) is 0 Å². The van der Waals surface area contributed by atoms with Crippen molar-refractivity contribution in [3.05, 3.63) is 17.7 Å². The summed E-state index contributed by atoms with van der Waals surface area (Å²) in [6.07, 6.45) is 0.395. The zero-order valence-electron chi connectivity index (χ0n) is 13.3. The standard InChI is InChI=1S/C15H22N4O4/c1-17-13-11(16)6-9(7-12(13)23-2)14(20)19-5-3-4-10(8-19)18-15(21)22/h6-7,10,17-18H,3-5,8,16H2,1-2H3,(H,21,22)/t10-/m1/s1. The molecule has 2 rings (SSSR count). The molecule has 0 aliphatic carbocycles. The number of nitrogen functional groups attached to an aromatic ring is 1. The number of hydrogen-bond acceptors (Lipinski definition) is 5. The van der Waals surface area contributed by atoms with Gasteiger partial charge in [0.15, 0.2) is 0 Å². The van der Waals surface area contributed by atoms with Gasteiger partial charge >= 0.3 is 6.09 Å². The predicted octanol–water partition coefficient (Wildman–Crippen LogP) is 1.19. The minimum atomic E-state index is -1.08. The van der Waals surface area contributed by atoms with Crippen molar-refractivity contribution in [1.82, 2.24) is 10.2 Å². The van der Waals surface area contributed by atoms with E-state index >= 15 is 0 Å². The molecule has 5 N–H and O–H groups in total. The fourth-order valence-electron chi connectivity index (χ4n) is 2.83. The van der Waals surface area contributed by atoms with Gasteiger partial charge in [0.25, 0.3) is 5.91 Å². The quantitative estimate of drug-likeness (QED) is 0.619. The lowest BCUT2D eigenvalue weighted by Crippen LogP contribution is -2.49. The summed E-state index contributed by atoms with van der Waals surface area (Å²) in [7, 11) is 3.24. The molecule has 1 aromatic carbocycles.